The van der Waals surface area contributed by atoms with E-state index in [-0.39, 0.29) is 76.9 Å². The van der Waals surface area contributed by atoms with Gasteiger partial charge in [0.05, 0.1) is 41.1 Å². The third-order valence-electron chi connectivity index (χ3n) is 23.1. The zero-order chi connectivity index (χ0) is 81.2. The number of carbonyl (C=O) groups excluding carboxylic acids is 12. The van der Waals surface area contributed by atoms with Gasteiger partial charge in [-0.1, -0.05) is 112 Å². The Kier molecular flexibility index (Phi) is 27.7. The minimum atomic E-state index is -2.20. The summed E-state index contributed by atoms with van der Waals surface area (Å²) in [5.41, 5.74) is 0.136. The summed E-state index contributed by atoms with van der Waals surface area (Å²) in [5, 5.41) is 0. The van der Waals surface area contributed by atoms with Crippen LogP contribution >= 0.6 is 0 Å². The number of hydrogen-bond donors (Lipinski definition) is 0. The fourth-order valence-corrected chi connectivity index (χ4v) is 17.7. The van der Waals surface area contributed by atoms with Gasteiger partial charge < -0.3 is 75.8 Å². The molecule has 6 fully saturated rings. The van der Waals surface area contributed by atoms with Gasteiger partial charge in [-0.05, 0) is 135 Å². The van der Waals surface area contributed by atoms with Gasteiger partial charge >= 0.3 is 59.7 Å². The molecule has 113 heavy (non-hydrogen) atoms. The van der Waals surface area contributed by atoms with Crippen molar-refractivity contribution in [2.75, 3.05) is 19.8 Å². The molecule has 608 valence electrons. The smallest absolute Gasteiger partial charge is 0.338 e. The lowest BCUT2D eigenvalue weighted by molar-refractivity contribution is -0.393. The van der Waals surface area contributed by atoms with Crippen LogP contribution in [0.3, 0.4) is 0 Å². The van der Waals surface area contributed by atoms with Crippen molar-refractivity contribution in [3.8, 4) is 0 Å². The summed E-state index contributed by atoms with van der Waals surface area (Å²) >= 11 is 0. The fraction of sp³-hybridized carbons (Fsp3) is 0.553. The minimum Gasteiger partial charge on any atom is -0.466 e. The highest BCUT2D eigenvalue weighted by Gasteiger charge is 2.65. The summed E-state index contributed by atoms with van der Waals surface area (Å²) in [6.45, 7) is 15.1. The van der Waals surface area contributed by atoms with Crippen molar-refractivity contribution >= 4 is 71.3 Å². The molecule has 3 saturated carbocycles. The Morgan fingerprint density at radius 3 is 1.43 bits per heavy atom. The van der Waals surface area contributed by atoms with Crippen LogP contribution in [0.1, 0.15) is 175 Å². The number of ether oxygens (including phenoxy) is 16. The molecular weight excluding hydrogens is 1470 g/mol. The largest absolute Gasteiger partial charge is 0.466 e. The Morgan fingerprint density at radius 1 is 0.451 bits per heavy atom. The number of benzene rings is 4. The van der Waals surface area contributed by atoms with Gasteiger partial charge in [0.2, 0.25) is 0 Å². The van der Waals surface area contributed by atoms with Crippen molar-refractivity contribution in [1.82, 2.24) is 0 Å². The van der Waals surface area contributed by atoms with E-state index in [0.29, 0.717) is 38.5 Å². The van der Waals surface area contributed by atoms with Gasteiger partial charge in [0.15, 0.2) is 61.6 Å². The first-order chi connectivity index (χ1) is 53.9. The van der Waals surface area contributed by atoms with E-state index in [9.17, 15) is 52.7 Å². The highest BCUT2D eigenvalue weighted by molar-refractivity contribution is 5.93. The van der Waals surface area contributed by atoms with E-state index in [1.807, 2.05) is 13.8 Å². The molecule has 0 bridgehead atoms. The number of esters is 10. The first-order valence-corrected chi connectivity index (χ1v) is 38.5. The van der Waals surface area contributed by atoms with Crippen LogP contribution in [0.5, 0.6) is 0 Å². The normalized spacial score (nSPS) is 32.2. The van der Waals surface area contributed by atoms with Gasteiger partial charge in [-0.15, -0.1) is 0 Å². The highest BCUT2D eigenvalue weighted by atomic mass is 16.8. The van der Waals surface area contributed by atoms with E-state index in [0.717, 1.165) is 46.6 Å². The second-order valence-corrected chi connectivity index (χ2v) is 30.9. The van der Waals surface area contributed by atoms with Crippen LogP contribution in [0.25, 0.3) is 0 Å². The van der Waals surface area contributed by atoms with E-state index < -0.39 is 194 Å². The molecule has 24 atom stereocenters. The Balaban J connectivity index is 1.02. The summed E-state index contributed by atoms with van der Waals surface area (Å²) in [4.78, 5) is 166. The molecule has 4 aliphatic carbocycles. The van der Waals surface area contributed by atoms with Crippen molar-refractivity contribution < 1.29 is 133 Å². The van der Waals surface area contributed by atoms with Crippen molar-refractivity contribution in [3.63, 3.8) is 0 Å². The molecule has 3 aliphatic heterocycles. The average molecular weight is 1570 g/mol. The molecule has 3 heterocycles. The van der Waals surface area contributed by atoms with Crippen LogP contribution in [0.15, 0.2) is 133 Å². The Hall–Kier alpha value is -9.58. The molecule has 11 rings (SSSR count). The standard InChI is InChI=1S/C85H100O28/c1-45(42-98-48(4)86)32-35-63(92)46(2)67-64(93)41-62-60-34-33-58-40-59(36-38-84(58,10)61(60)37-39-85(62,67)11)106-82-76(113-81-74(105-53(9)91)71(104-52(8)90)68(47(3)101-81)102-50(6)88)73(69(103-51(7)89)65(107-82)43-99-49(5)87)112-83-75(111-80(97)57-30-22-15-23-31-57)72(110-79(96)56-28-20-14-21-29-56)70(109-78(95)55-26-18-13-19-27-55)66(108-83)44-100-77(94)54-24-16-12-17-25-54/h12-31,33,45-47,59-62,65-76,81-83H,32,34-44H2,1-11H3/t45-,46+,47-,59-,60+,61-,62-,65+,66+,67-,68-,69?,70?,71+,72-,73-,74+,75+,76+,81-,82+,83-,84-,85-/m0/s1. The van der Waals surface area contributed by atoms with E-state index in [1.165, 1.54) is 62.4 Å². The van der Waals surface area contributed by atoms with E-state index in [1.54, 1.807) is 72.8 Å². The van der Waals surface area contributed by atoms with Crippen LogP contribution in [-0.4, -0.2) is 189 Å². The molecule has 28 nitrogen and oxygen atoms in total. The van der Waals surface area contributed by atoms with Crippen molar-refractivity contribution in [2.45, 2.75) is 232 Å². The van der Waals surface area contributed by atoms with Crippen LogP contribution < -0.4 is 0 Å². The number of fused-ring (bicyclic) bond motifs is 5. The molecule has 0 radical (unpaired) electrons. The summed E-state index contributed by atoms with van der Waals surface area (Å²) in [6.07, 6.45) is -21.6. The number of hydrogen-bond acceptors (Lipinski definition) is 28. The van der Waals surface area contributed by atoms with Gasteiger partial charge in [0.1, 0.15) is 49.2 Å². The fourth-order valence-electron chi connectivity index (χ4n) is 17.7. The van der Waals surface area contributed by atoms with E-state index >= 15 is 4.79 Å². The predicted molar refractivity (Wildman–Crippen MR) is 394 cm³/mol. The molecule has 4 aromatic carbocycles. The lowest BCUT2D eigenvalue weighted by Crippen LogP contribution is -2.69. The second-order valence-electron chi connectivity index (χ2n) is 30.9. The molecular formula is C85H100O28. The molecule has 0 spiro atoms. The van der Waals surface area contributed by atoms with Gasteiger partial charge in [0.25, 0.3) is 0 Å². The molecule has 0 aromatic heterocycles. The SMILES string of the molecule is CC(=O)OC[C@@H](C)CCC(=O)[C@@H](C)[C@H]1C(=O)C[C@H]2[C@@H]3CC=C4C[C@@H](O[C@@H]5O[C@H](COC(C)=O)C(OC(C)=O)[C@H](O[C@@H]6O[C@H](COC(=O)c7ccccc7)C(OC(=O)c7ccccc7)[C@H](OC(=O)c7ccccc7)[C@H]6OC(=O)c6ccccc6)[C@H]5O[C@@H]5O[C@@H](C)[C@H](OC(C)=O)[C@@H](OC(C)=O)[C@H]5OC(C)=O)CC[C@]4(C)[C@H]3CC[C@]12C. The second kappa shape index (κ2) is 37.1. The summed E-state index contributed by atoms with van der Waals surface area (Å²) in [6, 6.07) is 30.7. The molecule has 0 N–H and O–H groups in total. The number of ketones is 2. The monoisotopic (exact) mass is 1570 g/mol. The van der Waals surface area contributed by atoms with Gasteiger partial charge in [-0.25, -0.2) is 19.2 Å². The van der Waals surface area contributed by atoms with Crippen LogP contribution in [0.2, 0.25) is 0 Å². The first-order valence-electron chi connectivity index (χ1n) is 38.5. The third kappa shape index (κ3) is 20.0. The van der Waals surface area contributed by atoms with Crippen molar-refractivity contribution in [2.24, 2.45) is 46.3 Å². The Labute approximate surface area is 655 Å². The minimum absolute atomic E-state index is 0.00326. The maximum atomic E-state index is 15.0. The zero-order valence-electron chi connectivity index (χ0n) is 65.2. The van der Waals surface area contributed by atoms with Crippen LogP contribution in [-0.2, 0) is 114 Å². The van der Waals surface area contributed by atoms with E-state index in [2.05, 4.69) is 19.9 Å². The molecule has 2 unspecified atom stereocenters. The van der Waals surface area contributed by atoms with Crippen molar-refractivity contribution in [1.29, 1.82) is 0 Å². The topological polar surface area (TPSA) is 353 Å². The molecule has 7 aliphatic rings. The van der Waals surface area contributed by atoms with E-state index in [4.69, 9.17) is 75.8 Å². The number of carbonyl (C=O) groups is 12. The number of allylic oxidation sites excluding steroid dienone is 1. The molecule has 3 saturated heterocycles. The van der Waals surface area contributed by atoms with Gasteiger partial charge in [0, 0.05) is 66.2 Å². The number of rotatable bonds is 28. The van der Waals surface area contributed by atoms with Gasteiger partial charge in [-0.2, -0.15) is 0 Å². The summed E-state index contributed by atoms with van der Waals surface area (Å²) < 4.78 is 102. The highest BCUT2D eigenvalue weighted by Crippen LogP contribution is 2.67. The van der Waals surface area contributed by atoms with Crippen LogP contribution in [0, 0.1) is 46.3 Å². The van der Waals surface area contributed by atoms with Gasteiger partial charge in [-0.3, -0.25) is 38.4 Å². The first kappa shape index (κ1) is 84.3. The maximum absolute atomic E-state index is 15.0. The quantitative estimate of drug-likeness (QED) is 0.0290. The lowest BCUT2D eigenvalue weighted by atomic mass is 9.47. The predicted octanol–water partition coefficient (Wildman–Crippen LogP) is 10.1. The summed E-state index contributed by atoms with van der Waals surface area (Å²) in [5.74, 6) is -9.75. The third-order valence-corrected chi connectivity index (χ3v) is 23.1. The Bertz CT molecular complexity index is 4110. The van der Waals surface area contributed by atoms with Crippen LogP contribution in [0.4, 0.5) is 0 Å². The lowest BCUT2D eigenvalue weighted by Gasteiger charge is -2.58. The van der Waals surface area contributed by atoms with Crippen molar-refractivity contribution in [3.05, 3.63) is 155 Å². The Morgan fingerprint density at radius 2 is 0.894 bits per heavy atom. The maximum Gasteiger partial charge on any atom is 0.338 e. The number of Topliss-reactive ketones (excluding diaryl/α,β-unsaturated/α-hetero) is 2. The molecule has 0 amide bonds. The molecule has 28 heteroatoms. The molecule has 4 aromatic rings. The average Bonchev–Trinajstić information content (AvgIpc) is 1.64. The zero-order valence-corrected chi connectivity index (χ0v) is 65.2. The summed E-state index contributed by atoms with van der Waals surface area (Å²) in [7, 11) is 0.